The number of hydrogen-bond donors (Lipinski definition) is 3. The summed E-state index contributed by atoms with van der Waals surface area (Å²) in [5.74, 6) is -0.678. The Labute approximate surface area is 117 Å². The van der Waals surface area contributed by atoms with E-state index in [0.29, 0.717) is 5.56 Å². The molecular weight excluding hydrogens is 265 g/mol. The zero-order valence-corrected chi connectivity index (χ0v) is 12.0. The Morgan fingerprint density at radius 1 is 1.37 bits per heavy atom. The topological polar surface area (TPSA) is 67.2 Å². The summed E-state index contributed by atoms with van der Waals surface area (Å²) in [4.78, 5) is 11.8. The van der Waals surface area contributed by atoms with Gasteiger partial charge in [0.2, 0.25) is 5.91 Å². The normalized spacial score (nSPS) is 12.1. The van der Waals surface area contributed by atoms with Gasteiger partial charge in [0.15, 0.2) is 0 Å². The van der Waals surface area contributed by atoms with Gasteiger partial charge in [-0.15, -0.1) is 0 Å². The molecule has 6 heteroatoms. The summed E-state index contributed by atoms with van der Waals surface area (Å²) < 4.78 is 13.8. The Bertz CT molecular complexity index is 491. The van der Waals surface area contributed by atoms with Gasteiger partial charge in [-0.1, -0.05) is 12.2 Å². The van der Waals surface area contributed by atoms with Crippen LogP contribution < -0.4 is 16.4 Å². The molecule has 0 aliphatic carbocycles. The van der Waals surface area contributed by atoms with Gasteiger partial charge in [0.25, 0.3) is 0 Å². The lowest BCUT2D eigenvalue weighted by Crippen LogP contribution is -2.41. The molecule has 0 radical (unpaired) electrons. The van der Waals surface area contributed by atoms with Gasteiger partial charge >= 0.3 is 0 Å². The average Bonchev–Trinajstić information content (AvgIpc) is 2.30. The van der Waals surface area contributed by atoms with E-state index in [1.54, 1.807) is 13.0 Å². The molecule has 0 spiro atoms. The molecule has 104 valence electrons. The van der Waals surface area contributed by atoms with Crippen molar-refractivity contribution >= 4 is 28.8 Å². The smallest absolute Gasteiger partial charge is 0.242 e. The fourth-order valence-electron chi connectivity index (χ4n) is 1.49. The molecule has 19 heavy (non-hydrogen) atoms. The average molecular weight is 283 g/mol. The van der Waals surface area contributed by atoms with Gasteiger partial charge in [-0.05, 0) is 39.0 Å². The second-order valence-electron chi connectivity index (χ2n) is 4.59. The van der Waals surface area contributed by atoms with Crippen LogP contribution in [0.5, 0.6) is 0 Å². The van der Waals surface area contributed by atoms with Crippen LogP contribution in [0.1, 0.15) is 26.3 Å². The number of nitrogens with two attached hydrogens (primary N) is 1. The number of nitrogens with one attached hydrogen (secondary N) is 2. The first kappa shape index (κ1) is 15.4. The van der Waals surface area contributed by atoms with Crippen LogP contribution >= 0.6 is 12.2 Å². The number of carbonyl (C=O) groups is 1. The molecule has 1 aromatic rings. The third-order valence-corrected chi connectivity index (χ3v) is 2.69. The SMILES string of the molecule is CC(C)NC(=O)C(C)Nc1ccc(C(N)=S)cc1F. The third kappa shape index (κ3) is 4.48. The number of rotatable bonds is 5. The summed E-state index contributed by atoms with van der Waals surface area (Å²) in [7, 11) is 0. The van der Waals surface area contributed by atoms with E-state index < -0.39 is 11.9 Å². The van der Waals surface area contributed by atoms with Crippen LogP contribution in [0.4, 0.5) is 10.1 Å². The molecule has 0 aliphatic heterocycles. The Balaban J connectivity index is 2.77. The van der Waals surface area contributed by atoms with Crippen LogP contribution in [0, 0.1) is 5.82 Å². The van der Waals surface area contributed by atoms with E-state index in [9.17, 15) is 9.18 Å². The lowest BCUT2D eigenvalue weighted by molar-refractivity contribution is -0.122. The van der Waals surface area contributed by atoms with Crippen LogP contribution in [0.2, 0.25) is 0 Å². The molecule has 1 unspecified atom stereocenters. The van der Waals surface area contributed by atoms with Crippen molar-refractivity contribution in [1.29, 1.82) is 0 Å². The maximum atomic E-state index is 13.8. The number of carbonyl (C=O) groups excluding carboxylic acids is 1. The number of benzene rings is 1. The summed E-state index contributed by atoms with van der Waals surface area (Å²) in [6.07, 6.45) is 0. The minimum Gasteiger partial charge on any atom is -0.389 e. The minimum absolute atomic E-state index is 0.0404. The predicted octanol–water partition coefficient (Wildman–Crippen LogP) is 1.78. The summed E-state index contributed by atoms with van der Waals surface area (Å²) in [5.41, 5.74) is 6.12. The summed E-state index contributed by atoms with van der Waals surface area (Å²) in [6.45, 7) is 5.39. The highest BCUT2D eigenvalue weighted by molar-refractivity contribution is 7.80. The Morgan fingerprint density at radius 2 is 2.00 bits per heavy atom. The van der Waals surface area contributed by atoms with Crippen molar-refractivity contribution in [2.75, 3.05) is 5.32 Å². The van der Waals surface area contributed by atoms with Gasteiger partial charge in [0.1, 0.15) is 16.8 Å². The largest absolute Gasteiger partial charge is 0.389 e. The molecule has 4 N–H and O–H groups in total. The van der Waals surface area contributed by atoms with Crippen LogP contribution in [0.15, 0.2) is 18.2 Å². The Morgan fingerprint density at radius 3 is 2.47 bits per heavy atom. The molecule has 1 amide bonds. The van der Waals surface area contributed by atoms with Crippen LogP contribution in [-0.2, 0) is 4.79 Å². The first-order chi connectivity index (χ1) is 8.81. The summed E-state index contributed by atoms with van der Waals surface area (Å²) in [6, 6.07) is 3.88. The number of halogens is 1. The van der Waals surface area contributed by atoms with E-state index in [-0.39, 0.29) is 22.6 Å². The molecule has 0 bridgehead atoms. The quantitative estimate of drug-likeness (QED) is 0.721. The molecule has 0 fully saturated rings. The van der Waals surface area contributed by atoms with Crippen molar-refractivity contribution in [3.63, 3.8) is 0 Å². The predicted molar refractivity (Wildman–Crippen MR) is 78.7 cm³/mol. The van der Waals surface area contributed by atoms with Gasteiger partial charge in [-0.2, -0.15) is 0 Å². The molecule has 1 rings (SSSR count). The molecule has 0 heterocycles. The monoisotopic (exact) mass is 283 g/mol. The Hall–Kier alpha value is -1.69. The van der Waals surface area contributed by atoms with Crippen LogP contribution in [0.25, 0.3) is 0 Å². The highest BCUT2D eigenvalue weighted by Crippen LogP contribution is 2.16. The minimum atomic E-state index is -0.535. The number of hydrogen-bond acceptors (Lipinski definition) is 3. The summed E-state index contributed by atoms with van der Waals surface area (Å²) >= 11 is 4.77. The maximum absolute atomic E-state index is 13.8. The maximum Gasteiger partial charge on any atom is 0.242 e. The van der Waals surface area contributed by atoms with Gasteiger partial charge in [0.05, 0.1) is 5.69 Å². The van der Waals surface area contributed by atoms with Gasteiger partial charge in [-0.25, -0.2) is 4.39 Å². The fraction of sp³-hybridized carbons (Fsp3) is 0.385. The summed E-state index contributed by atoms with van der Waals surface area (Å²) in [5, 5.41) is 5.56. The lowest BCUT2D eigenvalue weighted by atomic mass is 10.2. The highest BCUT2D eigenvalue weighted by Gasteiger charge is 2.15. The second-order valence-corrected chi connectivity index (χ2v) is 5.03. The van der Waals surface area contributed by atoms with E-state index in [4.69, 9.17) is 18.0 Å². The molecule has 4 nitrogen and oxygen atoms in total. The van der Waals surface area contributed by atoms with Crippen LogP contribution in [0.3, 0.4) is 0 Å². The third-order valence-electron chi connectivity index (χ3n) is 2.45. The van der Waals surface area contributed by atoms with Crippen molar-refractivity contribution in [2.24, 2.45) is 5.73 Å². The Kier molecular flexibility index (Phi) is 5.23. The first-order valence-electron chi connectivity index (χ1n) is 5.97. The van der Waals surface area contributed by atoms with Gasteiger partial charge < -0.3 is 16.4 Å². The van der Waals surface area contributed by atoms with Gasteiger partial charge in [-0.3, -0.25) is 4.79 Å². The van der Waals surface area contributed by atoms with Crippen molar-refractivity contribution < 1.29 is 9.18 Å². The molecule has 0 aromatic heterocycles. The highest BCUT2D eigenvalue weighted by atomic mass is 32.1. The van der Waals surface area contributed by atoms with Crippen molar-refractivity contribution in [3.8, 4) is 0 Å². The zero-order chi connectivity index (χ0) is 14.6. The first-order valence-corrected chi connectivity index (χ1v) is 6.38. The molecule has 0 saturated carbocycles. The van der Waals surface area contributed by atoms with Gasteiger partial charge in [0, 0.05) is 11.6 Å². The van der Waals surface area contributed by atoms with E-state index in [1.165, 1.54) is 12.1 Å². The molecule has 1 atom stereocenters. The van der Waals surface area contributed by atoms with Crippen molar-refractivity contribution in [3.05, 3.63) is 29.6 Å². The second kappa shape index (κ2) is 6.47. The zero-order valence-electron chi connectivity index (χ0n) is 11.2. The standard InChI is InChI=1S/C13H18FN3OS/c1-7(2)16-13(18)8(3)17-11-5-4-9(12(15)19)6-10(11)14/h4-8,17H,1-3H3,(H2,15,19)(H,16,18). The lowest BCUT2D eigenvalue weighted by Gasteiger charge is -2.17. The molecule has 0 aliphatic rings. The van der Waals surface area contributed by atoms with Crippen LogP contribution in [-0.4, -0.2) is 23.0 Å². The van der Waals surface area contributed by atoms with E-state index in [0.717, 1.165) is 0 Å². The van der Waals surface area contributed by atoms with E-state index in [1.807, 2.05) is 13.8 Å². The number of anilines is 1. The molecule has 1 aromatic carbocycles. The van der Waals surface area contributed by atoms with E-state index >= 15 is 0 Å². The number of amides is 1. The number of thiocarbonyl (C=S) groups is 1. The fourth-order valence-corrected chi connectivity index (χ4v) is 1.62. The van der Waals surface area contributed by atoms with E-state index in [2.05, 4.69) is 10.6 Å². The van der Waals surface area contributed by atoms with Crippen molar-refractivity contribution in [1.82, 2.24) is 5.32 Å². The molecule has 0 saturated heterocycles. The van der Waals surface area contributed by atoms with Crippen molar-refractivity contribution in [2.45, 2.75) is 32.9 Å². The molecular formula is C13H18FN3OS.